The number of benzene rings is 1. The molecule has 0 spiro atoms. The van der Waals surface area contributed by atoms with Crippen molar-refractivity contribution in [2.75, 3.05) is 26.4 Å². The second kappa shape index (κ2) is 8.60. The molecule has 1 heterocycles. The molecule has 2 rings (SSSR count). The van der Waals surface area contributed by atoms with E-state index in [1.165, 1.54) is 0 Å². The van der Waals surface area contributed by atoms with Crippen LogP contribution in [0.25, 0.3) is 11.3 Å². The van der Waals surface area contributed by atoms with E-state index in [4.69, 9.17) is 0 Å². The van der Waals surface area contributed by atoms with E-state index in [1.807, 2.05) is 44.5 Å². The summed E-state index contributed by atoms with van der Waals surface area (Å²) in [4.78, 5) is 2.23. The van der Waals surface area contributed by atoms with Gasteiger partial charge in [-0.3, -0.25) is 0 Å². The van der Waals surface area contributed by atoms with Gasteiger partial charge in [0.15, 0.2) is 0 Å². The van der Waals surface area contributed by atoms with Gasteiger partial charge in [0.25, 0.3) is 0 Å². The summed E-state index contributed by atoms with van der Waals surface area (Å²) in [6.07, 6.45) is 3.09. The monoisotopic (exact) mass is 378 g/mol. The maximum absolute atomic E-state index is 4.41. The molecule has 138 valence electrons. The Morgan fingerprint density at radius 3 is 2.40 bits per heavy atom. The van der Waals surface area contributed by atoms with Gasteiger partial charge in [0.05, 0.1) is 11.7 Å². The van der Waals surface area contributed by atoms with Crippen LogP contribution in [0.1, 0.15) is 34.1 Å². The van der Waals surface area contributed by atoms with Crippen molar-refractivity contribution in [3.63, 3.8) is 0 Å². The number of hydrogen-bond acceptors (Lipinski definition) is 5. The van der Waals surface area contributed by atoms with E-state index in [9.17, 15) is 0 Å². The van der Waals surface area contributed by atoms with Crippen LogP contribution in [0.15, 0.2) is 36.5 Å². The molecule has 0 aliphatic heterocycles. The van der Waals surface area contributed by atoms with Crippen LogP contribution >= 0.6 is 21.6 Å². The van der Waals surface area contributed by atoms with Crippen molar-refractivity contribution < 1.29 is 0 Å². The molecule has 1 aromatic heterocycles. The van der Waals surface area contributed by atoms with Crippen molar-refractivity contribution in [1.29, 1.82) is 0 Å². The molecule has 0 unspecified atom stereocenters. The minimum Gasteiger partial charge on any atom is -0.309 e. The zero-order valence-corrected chi connectivity index (χ0v) is 17.8. The average Bonchev–Trinajstić information content (AvgIpc) is 3.02. The Labute approximate surface area is 160 Å². The summed E-state index contributed by atoms with van der Waals surface area (Å²) in [6, 6.07) is 10.2. The zero-order chi connectivity index (χ0) is 18.5. The standard InChI is InChI=1S/C19H30N4S2/c1-18(2,15-19(3,4)25-24-13-12-22(5)6)23-14-17(20-21-23)16-10-8-7-9-11-16/h7-11,14H,12-13,15H2,1-6H3. The smallest absolute Gasteiger partial charge is 0.113 e. The van der Waals surface area contributed by atoms with E-state index in [1.54, 1.807) is 0 Å². The highest BCUT2D eigenvalue weighted by Crippen LogP contribution is 2.42. The molecule has 2 aromatic rings. The van der Waals surface area contributed by atoms with Crippen LogP contribution < -0.4 is 0 Å². The maximum atomic E-state index is 4.41. The molecule has 0 fully saturated rings. The second-order valence-corrected chi connectivity index (χ2v) is 11.0. The third-order valence-corrected chi connectivity index (χ3v) is 7.22. The Balaban J connectivity index is 1.99. The number of nitrogens with zero attached hydrogens (tertiary/aromatic N) is 4. The molecule has 0 N–H and O–H groups in total. The molecule has 25 heavy (non-hydrogen) atoms. The largest absolute Gasteiger partial charge is 0.309 e. The fraction of sp³-hybridized carbons (Fsp3) is 0.579. The Kier molecular flexibility index (Phi) is 7.00. The first-order chi connectivity index (χ1) is 11.7. The minimum atomic E-state index is -0.0847. The van der Waals surface area contributed by atoms with Gasteiger partial charge in [0.1, 0.15) is 5.69 Å². The minimum absolute atomic E-state index is 0.0847. The van der Waals surface area contributed by atoms with E-state index >= 15 is 0 Å². The molecule has 0 bridgehead atoms. The van der Waals surface area contributed by atoms with Crippen molar-refractivity contribution in [3.05, 3.63) is 36.5 Å². The van der Waals surface area contributed by atoms with Gasteiger partial charge in [0, 0.05) is 22.6 Å². The molecule has 0 atom stereocenters. The average molecular weight is 379 g/mol. The third-order valence-electron chi connectivity index (χ3n) is 3.95. The van der Waals surface area contributed by atoms with E-state index in [0.717, 1.165) is 30.0 Å². The molecule has 0 aliphatic carbocycles. The van der Waals surface area contributed by atoms with Crippen molar-refractivity contribution in [1.82, 2.24) is 19.9 Å². The quantitative estimate of drug-likeness (QED) is 0.463. The highest BCUT2D eigenvalue weighted by molar-refractivity contribution is 8.77. The SMILES string of the molecule is CN(C)CCSSC(C)(C)CC(C)(C)n1cc(-c2ccccc2)nn1. The lowest BCUT2D eigenvalue weighted by Crippen LogP contribution is -2.34. The summed E-state index contributed by atoms with van der Waals surface area (Å²) in [5.41, 5.74) is 1.95. The lowest BCUT2D eigenvalue weighted by atomic mass is 9.92. The van der Waals surface area contributed by atoms with Crippen LogP contribution in [-0.4, -0.2) is 51.0 Å². The van der Waals surface area contributed by atoms with Gasteiger partial charge in [0.2, 0.25) is 0 Å². The lowest BCUT2D eigenvalue weighted by molar-refractivity contribution is 0.267. The van der Waals surface area contributed by atoms with Crippen LogP contribution in [0.5, 0.6) is 0 Å². The molecular formula is C19H30N4S2. The van der Waals surface area contributed by atoms with Gasteiger partial charge in [-0.25, -0.2) is 4.68 Å². The molecular weight excluding hydrogens is 348 g/mol. The van der Waals surface area contributed by atoms with Crippen LogP contribution in [0.2, 0.25) is 0 Å². The van der Waals surface area contributed by atoms with Crippen molar-refractivity contribution >= 4 is 21.6 Å². The fourth-order valence-corrected chi connectivity index (χ4v) is 5.74. The number of hydrogen-bond donors (Lipinski definition) is 0. The molecule has 0 saturated heterocycles. The van der Waals surface area contributed by atoms with Gasteiger partial charge < -0.3 is 4.90 Å². The fourth-order valence-electron chi connectivity index (χ4n) is 2.87. The van der Waals surface area contributed by atoms with Crippen molar-refractivity contribution in [2.45, 2.75) is 44.4 Å². The first-order valence-electron chi connectivity index (χ1n) is 8.63. The lowest BCUT2D eigenvalue weighted by Gasteiger charge is -2.34. The van der Waals surface area contributed by atoms with Gasteiger partial charge in [-0.05, 0) is 48.2 Å². The predicted octanol–water partition coefficient (Wildman–Crippen LogP) is 4.79. The normalized spacial score (nSPS) is 12.8. The third kappa shape index (κ3) is 6.35. The summed E-state index contributed by atoms with van der Waals surface area (Å²) in [7, 11) is 8.17. The topological polar surface area (TPSA) is 34.0 Å². The van der Waals surface area contributed by atoms with Crippen molar-refractivity contribution in [3.8, 4) is 11.3 Å². The van der Waals surface area contributed by atoms with Gasteiger partial charge in [-0.2, -0.15) is 0 Å². The Morgan fingerprint density at radius 2 is 1.76 bits per heavy atom. The molecule has 4 nitrogen and oxygen atoms in total. The first-order valence-corrected chi connectivity index (χ1v) is 11.0. The molecule has 1 aromatic carbocycles. The van der Waals surface area contributed by atoms with Gasteiger partial charge >= 0.3 is 0 Å². The summed E-state index contributed by atoms with van der Waals surface area (Å²) < 4.78 is 2.18. The second-order valence-electron chi connectivity index (χ2n) is 7.87. The Morgan fingerprint density at radius 1 is 1.08 bits per heavy atom. The first kappa shape index (κ1) is 20.3. The molecule has 0 saturated carbocycles. The zero-order valence-electron chi connectivity index (χ0n) is 16.2. The van der Waals surface area contributed by atoms with Crippen LogP contribution in [0, 0.1) is 0 Å². The summed E-state index contributed by atoms with van der Waals surface area (Å²) in [5, 5.41) is 8.79. The van der Waals surface area contributed by atoms with E-state index in [-0.39, 0.29) is 10.3 Å². The molecule has 0 aliphatic rings. The van der Waals surface area contributed by atoms with Gasteiger partial charge in [-0.15, -0.1) is 5.10 Å². The van der Waals surface area contributed by atoms with E-state index < -0.39 is 0 Å². The Hall–Kier alpha value is -0.980. The van der Waals surface area contributed by atoms with Gasteiger partial charge in [-0.1, -0.05) is 57.1 Å². The Bertz CT molecular complexity index is 650. The van der Waals surface area contributed by atoms with Crippen LogP contribution in [0.4, 0.5) is 0 Å². The maximum Gasteiger partial charge on any atom is 0.113 e. The number of aromatic nitrogens is 3. The van der Waals surface area contributed by atoms with E-state index in [2.05, 4.69) is 75.3 Å². The summed E-state index contributed by atoms with van der Waals surface area (Å²) in [6.45, 7) is 10.2. The number of rotatable bonds is 9. The van der Waals surface area contributed by atoms with Crippen LogP contribution in [-0.2, 0) is 5.54 Å². The summed E-state index contributed by atoms with van der Waals surface area (Å²) in [5.74, 6) is 1.14. The predicted molar refractivity (Wildman–Crippen MR) is 112 cm³/mol. The molecule has 0 amide bonds. The molecule has 0 radical (unpaired) electrons. The van der Waals surface area contributed by atoms with Crippen LogP contribution in [0.3, 0.4) is 0 Å². The van der Waals surface area contributed by atoms with Crippen molar-refractivity contribution in [2.24, 2.45) is 0 Å². The highest BCUT2D eigenvalue weighted by Gasteiger charge is 2.32. The molecule has 6 heteroatoms. The highest BCUT2D eigenvalue weighted by atomic mass is 33.1. The van der Waals surface area contributed by atoms with E-state index in [0.29, 0.717) is 0 Å². The summed E-state index contributed by atoms with van der Waals surface area (Å²) >= 11 is 0.